The number of nitrogens with zero attached hydrogens (tertiary/aromatic N) is 1. The second-order valence-electron chi connectivity index (χ2n) is 5.58. The minimum Gasteiger partial charge on any atom is -0.490 e. The molecular weight excluding hydrogens is 334 g/mol. The topological polar surface area (TPSA) is 73.3 Å². The Kier molecular flexibility index (Phi) is 9.19. The van der Waals surface area contributed by atoms with Gasteiger partial charge in [-0.05, 0) is 18.6 Å². The van der Waals surface area contributed by atoms with E-state index in [1.807, 2.05) is 18.2 Å². The number of rotatable bonds is 9. The van der Waals surface area contributed by atoms with E-state index in [1.54, 1.807) is 7.11 Å². The fourth-order valence-electron chi connectivity index (χ4n) is 2.25. The highest BCUT2D eigenvalue weighted by Gasteiger charge is 2.11. The molecule has 7 heteroatoms. The molecule has 0 amide bonds. The lowest BCUT2D eigenvalue weighted by Gasteiger charge is -2.13. The SMILES string of the molecule is C#CCNC(=NCCCOCCOC)Nc1ccc2c(c1)OCCCO2. The molecular formula is C19H27N3O4. The van der Waals surface area contributed by atoms with Gasteiger partial charge in [-0.1, -0.05) is 5.92 Å². The van der Waals surface area contributed by atoms with Crippen LogP contribution in [0, 0.1) is 12.3 Å². The van der Waals surface area contributed by atoms with E-state index in [4.69, 9.17) is 25.4 Å². The van der Waals surface area contributed by atoms with Crippen LogP contribution in [-0.4, -0.2) is 59.2 Å². The highest BCUT2D eigenvalue weighted by molar-refractivity contribution is 5.94. The van der Waals surface area contributed by atoms with Gasteiger partial charge >= 0.3 is 0 Å². The Morgan fingerprint density at radius 2 is 2.08 bits per heavy atom. The molecule has 0 fully saturated rings. The van der Waals surface area contributed by atoms with Crippen LogP contribution in [0.4, 0.5) is 5.69 Å². The van der Waals surface area contributed by atoms with E-state index in [-0.39, 0.29) is 0 Å². The average Bonchev–Trinajstić information content (AvgIpc) is 2.90. The minimum absolute atomic E-state index is 0.390. The predicted octanol–water partition coefficient (Wildman–Crippen LogP) is 1.89. The molecule has 0 unspecified atom stereocenters. The predicted molar refractivity (Wildman–Crippen MR) is 102 cm³/mol. The number of fused-ring (bicyclic) bond motifs is 1. The summed E-state index contributed by atoms with van der Waals surface area (Å²) in [6, 6.07) is 5.72. The Balaban J connectivity index is 1.89. The summed E-state index contributed by atoms with van der Waals surface area (Å²) in [7, 11) is 1.66. The second kappa shape index (κ2) is 12.0. The van der Waals surface area contributed by atoms with Crippen molar-refractivity contribution in [1.29, 1.82) is 0 Å². The zero-order chi connectivity index (χ0) is 18.5. The third-order valence-electron chi connectivity index (χ3n) is 3.52. The van der Waals surface area contributed by atoms with Gasteiger partial charge in [0.05, 0.1) is 33.0 Å². The van der Waals surface area contributed by atoms with Crippen LogP contribution in [0.5, 0.6) is 11.5 Å². The number of benzene rings is 1. The van der Waals surface area contributed by atoms with Crippen LogP contribution in [0.3, 0.4) is 0 Å². The van der Waals surface area contributed by atoms with E-state index in [0.717, 1.165) is 30.0 Å². The molecule has 0 aromatic heterocycles. The van der Waals surface area contributed by atoms with Crippen molar-refractivity contribution in [2.75, 3.05) is 58.6 Å². The van der Waals surface area contributed by atoms with Crippen molar-refractivity contribution < 1.29 is 18.9 Å². The molecule has 7 nitrogen and oxygen atoms in total. The summed E-state index contributed by atoms with van der Waals surface area (Å²) in [4.78, 5) is 4.52. The lowest BCUT2D eigenvalue weighted by Crippen LogP contribution is -2.31. The van der Waals surface area contributed by atoms with Crippen molar-refractivity contribution >= 4 is 11.6 Å². The van der Waals surface area contributed by atoms with Gasteiger partial charge in [0.25, 0.3) is 0 Å². The van der Waals surface area contributed by atoms with E-state index < -0.39 is 0 Å². The van der Waals surface area contributed by atoms with E-state index in [9.17, 15) is 0 Å². The van der Waals surface area contributed by atoms with E-state index in [2.05, 4.69) is 21.5 Å². The first kappa shape index (κ1) is 19.9. The van der Waals surface area contributed by atoms with Crippen LogP contribution in [0.25, 0.3) is 0 Å². The van der Waals surface area contributed by atoms with E-state index in [0.29, 0.717) is 52.1 Å². The standard InChI is InChI=1S/C19H27N3O4/c1-3-8-20-19(21-9-4-10-24-14-13-23-2)22-16-6-7-17-18(15-16)26-12-5-11-25-17/h1,6-7,15H,4-5,8-14H2,2H3,(H2,20,21,22). The first-order valence-electron chi connectivity index (χ1n) is 8.78. The van der Waals surface area contributed by atoms with Gasteiger partial charge in [0.15, 0.2) is 17.5 Å². The van der Waals surface area contributed by atoms with Gasteiger partial charge in [0.2, 0.25) is 0 Å². The maximum atomic E-state index is 5.71. The summed E-state index contributed by atoms with van der Waals surface area (Å²) in [6.07, 6.45) is 7.03. The molecule has 0 spiro atoms. The lowest BCUT2D eigenvalue weighted by molar-refractivity contribution is 0.0702. The zero-order valence-corrected chi connectivity index (χ0v) is 15.3. The normalized spacial score (nSPS) is 13.6. The maximum Gasteiger partial charge on any atom is 0.196 e. The molecule has 0 radical (unpaired) electrons. The van der Waals surface area contributed by atoms with Crippen LogP contribution in [0.1, 0.15) is 12.8 Å². The smallest absolute Gasteiger partial charge is 0.196 e. The number of hydrogen-bond acceptors (Lipinski definition) is 5. The summed E-state index contributed by atoms with van der Waals surface area (Å²) in [5, 5.41) is 6.33. The van der Waals surface area contributed by atoms with Gasteiger partial charge in [-0.25, -0.2) is 0 Å². The highest BCUT2D eigenvalue weighted by Crippen LogP contribution is 2.32. The number of hydrogen-bond donors (Lipinski definition) is 2. The molecule has 1 heterocycles. The second-order valence-corrected chi connectivity index (χ2v) is 5.58. The van der Waals surface area contributed by atoms with E-state index >= 15 is 0 Å². The number of guanidine groups is 1. The average molecular weight is 361 g/mol. The molecule has 142 valence electrons. The molecule has 1 aromatic rings. The molecule has 1 aromatic carbocycles. The lowest BCUT2D eigenvalue weighted by atomic mass is 10.3. The largest absolute Gasteiger partial charge is 0.490 e. The third kappa shape index (κ3) is 7.21. The van der Waals surface area contributed by atoms with E-state index in [1.165, 1.54) is 0 Å². The van der Waals surface area contributed by atoms with Gasteiger partial charge in [-0.2, -0.15) is 0 Å². The number of methoxy groups -OCH3 is 1. The first-order valence-corrected chi connectivity index (χ1v) is 8.78. The summed E-state index contributed by atoms with van der Waals surface area (Å²) < 4.78 is 21.7. The van der Waals surface area contributed by atoms with Crippen molar-refractivity contribution in [3.8, 4) is 23.8 Å². The van der Waals surface area contributed by atoms with Crippen molar-refractivity contribution in [3.05, 3.63) is 18.2 Å². The van der Waals surface area contributed by atoms with Crippen LogP contribution in [0.2, 0.25) is 0 Å². The Morgan fingerprint density at radius 3 is 2.88 bits per heavy atom. The zero-order valence-electron chi connectivity index (χ0n) is 15.3. The number of aliphatic imine (C=N–C) groups is 1. The Labute approximate surface area is 155 Å². The van der Waals surface area contributed by atoms with Crippen molar-refractivity contribution in [2.24, 2.45) is 4.99 Å². The van der Waals surface area contributed by atoms with Gasteiger partial charge < -0.3 is 29.6 Å². The molecule has 0 atom stereocenters. The molecule has 0 aliphatic carbocycles. The van der Waals surface area contributed by atoms with Gasteiger partial charge in [-0.3, -0.25) is 4.99 Å². The Hall–Kier alpha value is -2.43. The molecule has 0 saturated carbocycles. The number of anilines is 1. The fourth-order valence-corrected chi connectivity index (χ4v) is 2.25. The summed E-state index contributed by atoms with van der Waals surface area (Å²) >= 11 is 0. The fraction of sp³-hybridized carbons (Fsp3) is 0.526. The van der Waals surface area contributed by atoms with Gasteiger partial charge in [0.1, 0.15) is 0 Å². The quantitative estimate of drug-likeness (QED) is 0.303. The number of terminal acetylenes is 1. The number of nitrogens with one attached hydrogen (secondary N) is 2. The number of ether oxygens (including phenoxy) is 4. The molecule has 2 rings (SSSR count). The Morgan fingerprint density at radius 1 is 1.23 bits per heavy atom. The van der Waals surface area contributed by atoms with Crippen LogP contribution < -0.4 is 20.1 Å². The van der Waals surface area contributed by atoms with Crippen molar-refractivity contribution in [2.45, 2.75) is 12.8 Å². The molecule has 1 aliphatic heterocycles. The summed E-state index contributed by atoms with van der Waals surface area (Å²) in [6.45, 7) is 4.16. The highest BCUT2D eigenvalue weighted by atomic mass is 16.5. The monoisotopic (exact) mass is 361 g/mol. The molecule has 1 aliphatic rings. The first-order chi connectivity index (χ1) is 12.8. The molecule has 2 N–H and O–H groups in total. The third-order valence-corrected chi connectivity index (χ3v) is 3.52. The summed E-state index contributed by atoms with van der Waals surface area (Å²) in [5.41, 5.74) is 0.855. The Bertz CT molecular complexity index is 613. The molecule has 0 saturated heterocycles. The van der Waals surface area contributed by atoms with Crippen LogP contribution in [-0.2, 0) is 9.47 Å². The minimum atomic E-state index is 0.390. The van der Waals surface area contributed by atoms with Crippen LogP contribution >= 0.6 is 0 Å². The van der Waals surface area contributed by atoms with Gasteiger partial charge in [0, 0.05) is 38.4 Å². The van der Waals surface area contributed by atoms with Crippen LogP contribution in [0.15, 0.2) is 23.2 Å². The maximum absolute atomic E-state index is 5.71. The molecule has 0 bridgehead atoms. The van der Waals surface area contributed by atoms with Crippen molar-refractivity contribution in [1.82, 2.24) is 5.32 Å². The van der Waals surface area contributed by atoms with Crippen molar-refractivity contribution in [3.63, 3.8) is 0 Å². The molecule has 26 heavy (non-hydrogen) atoms. The summed E-state index contributed by atoms with van der Waals surface area (Å²) in [5.74, 6) is 4.66. The van der Waals surface area contributed by atoms with Gasteiger partial charge in [-0.15, -0.1) is 6.42 Å².